The molecule has 1 aromatic heterocycles. The van der Waals surface area contributed by atoms with Crippen molar-refractivity contribution in [2.24, 2.45) is 0 Å². The Hall–Kier alpha value is -3.12. The van der Waals surface area contributed by atoms with Crippen LogP contribution in [0.1, 0.15) is 41.4 Å². The van der Waals surface area contributed by atoms with Crippen molar-refractivity contribution in [1.29, 1.82) is 0 Å². The second-order valence-corrected chi connectivity index (χ2v) is 8.04. The fourth-order valence-corrected chi connectivity index (χ4v) is 3.32. The number of halogens is 1. The summed E-state index contributed by atoms with van der Waals surface area (Å²) in [4.78, 5) is 26.3. The normalized spacial score (nSPS) is 10.9. The number of nitrogens with zero attached hydrogens (tertiary/aromatic N) is 3. The Kier molecular flexibility index (Phi) is 6.57. The van der Waals surface area contributed by atoms with Gasteiger partial charge in [-0.05, 0) is 41.8 Å². The zero-order chi connectivity index (χ0) is 21.8. The number of anilines is 1. The van der Waals surface area contributed by atoms with Crippen molar-refractivity contribution in [2.45, 2.75) is 26.2 Å². The summed E-state index contributed by atoms with van der Waals surface area (Å²) >= 11 is 6.12. The molecular weight excluding hydrogens is 400 g/mol. The number of hydrogen-bond donors (Lipinski definition) is 1. The highest BCUT2D eigenvalue weighted by molar-refractivity contribution is 6.30. The van der Waals surface area contributed by atoms with Crippen LogP contribution in [-0.2, 0) is 11.2 Å². The molecule has 0 aliphatic rings. The van der Waals surface area contributed by atoms with E-state index in [1.165, 1.54) is 0 Å². The molecule has 2 amide bonds. The predicted octanol–water partition coefficient (Wildman–Crippen LogP) is 4.53. The quantitative estimate of drug-likeness (QED) is 0.632. The van der Waals surface area contributed by atoms with E-state index in [1.807, 2.05) is 44.2 Å². The lowest BCUT2D eigenvalue weighted by atomic mass is 10.0. The molecule has 156 valence electrons. The van der Waals surface area contributed by atoms with Crippen LogP contribution in [0.25, 0.3) is 5.69 Å². The van der Waals surface area contributed by atoms with Crippen molar-refractivity contribution in [3.05, 3.63) is 76.6 Å². The van der Waals surface area contributed by atoms with Crippen LogP contribution in [0.3, 0.4) is 0 Å². The third-order valence-electron chi connectivity index (χ3n) is 4.72. The predicted molar refractivity (Wildman–Crippen MR) is 119 cm³/mol. The summed E-state index contributed by atoms with van der Waals surface area (Å²) in [7, 11) is 3.46. The SMILES string of the molecule is CC(C)c1c(C(=O)Nc2ccc(CC(=O)N(C)C)cc2)cnn1-c1cccc(Cl)c1. The molecule has 0 bridgehead atoms. The van der Waals surface area contributed by atoms with E-state index in [9.17, 15) is 9.59 Å². The molecule has 6 nitrogen and oxygen atoms in total. The van der Waals surface area contributed by atoms with Crippen LogP contribution in [0.5, 0.6) is 0 Å². The molecule has 1 N–H and O–H groups in total. The second kappa shape index (κ2) is 9.13. The summed E-state index contributed by atoms with van der Waals surface area (Å²) in [6.07, 6.45) is 1.90. The molecule has 0 saturated heterocycles. The van der Waals surface area contributed by atoms with E-state index in [0.29, 0.717) is 22.7 Å². The van der Waals surface area contributed by atoms with Gasteiger partial charge < -0.3 is 10.2 Å². The van der Waals surface area contributed by atoms with Gasteiger partial charge in [0.05, 0.1) is 29.6 Å². The molecule has 2 aromatic carbocycles. The number of benzene rings is 2. The third kappa shape index (κ3) is 4.89. The number of amides is 2. The van der Waals surface area contributed by atoms with Gasteiger partial charge in [0.25, 0.3) is 5.91 Å². The molecule has 0 saturated carbocycles. The topological polar surface area (TPSA) is 67.2 Å². The minimum absolute atomic E-state index is 0.0294. The molecule has 30 heavy (non-hydrogen) atoms. The number of rotatable bonds is 6. The Bertz CT molecular complexity index is 1060. The average Bonchev–Trinajstić information content (AvgIpc) is 3.15. The van der Waals surface area contributed by atoms with E-state index in [2.05, 4.69) is 10.4 Å². The summed E-state index contributed by atoms with van der Waals surface area (Å²) in [6, 6.07) is 14.7. The minimum atomic E-state index is -0.232. The molecule has 7 heteroatoms. The molecule has 0 fully saturated rings. The second-order valence-electron chi connectivity index (χ2n) is 7.61. The lowest BCUT2D eigenvalue weighted by molar-refractivity contribution is -0.127. The maximum absolute atomic E-state index is 13.0. The van der Waals surface area contributed by atoms with Crippen molar-refractivity contribution in [3.63, 3.8) is 0 Å². The molecule has 1 heterocycles. The van der Waals surface area contributed by atoms with Crippen LogP contribution in [-0.4, -0.2) is 40.6 Å². The number of aromatic nitrogens is 2. The van der Waals surface area contributed by atoms with E-state index < -0.39 is 0 Å². The van der Waals surface area contributed by atoms with Gasteiger partial charge in [-0.2, -0.15) is 5.10 Å². The zero-order valence-electron chi connectivity index (χ0n) is 17.5. The van der Waals surface area contributed by atoms with E-state index in [-0.39, 0.29) is 17.7 Å². The fourth-order valence-electron chi connectivity index (χ4n) is 3.14. The number of hydrogen-bond acceptors (Lipinski definition) is 3. The van der Waals surface area contributed by atoms with Crippen molar-refractivity contribution in [2.75, 3.05) is 19.4 Å². The average molecular weight is 425 g/mol. The van der Waals surface area contributed by atoms with Gasteiger partial charge in [-0.25, -0.2) is 4.68 Å². The highest BCUT2D eigenvalue weighted by atomic mass is 35.5. The van der Waals surface area contributed by atoms with Crippen LogP contribution in [0.2, 0.25) is 5.02 Å². The summed E-state index contributed by atoms with van der Waals surface area (Å²) in [6.45, 7) is 4.04. The van der Waals surface area contributed by atoms with Gasteiger partial charge in [-0.3, -0.25) is 9.59 Å². The number of nitrogens with one attached hydrogen (secondary N) is 1. The summed E-state index contributed by atoms with van der Waals surface area (Å²) in [5, 5.41) is 7.96. The lowest BCUT2D eigenvalue weighted by Crippen LogP contribution is -2.23. The molecule has 3 aromatic rings. The first-order valence-corrected chi connectivity index (χ1v) is 10.1. The van der Waals surface area contributed by atoms with Crippen molar-refractivity contribution in [1.82, 2.24) is 14.7 Å². The monoisotopic (exact) mass is 424 g/mol. The summed E-state index contributed by atoms with van der Waals surface area (Å²) in [5.41, 5.74) is 3.68. The van der Waals surface area contributed by atoms with E-state index in [4.69, 9.17) is 11.6 Å². The number of likely N-dealkylation sites (N-methyl/N-ethyl adjacent to an activating group) is 1. The van der Waals surface area contributed by atoms with E-state index in [0.717, 1.165) is 16.9 Å². The van der Waals surface area contributed by atoms with Crippen LogP contribution < -0.4 is 5.32 Å². The highest BCUT2D eigenvalue weighted by Gasteiger charge is 2.21. The smallest absolute Gasteiger partial charge is 0.259 e. The Morgan fingerprint density at radius 2 is 1.83 bits per heavy atom. The number of carbonyl (C=O) groups excluding carboxylic acids is 2. The van der Waals surface area contributed by atoms with Crippen molar-refractivity contribution < 1.29 is 9.59 Å². The molecule has 3 rings (SSSR count). The molecule has 0 aliphatic carbocycles. The van der Waals surface area contributed by atoms with Gasteiger partial charge >= 0.3 is 0 Å². The van der Waals surface area contributed by atoms with Crippen molar-refractivity contribution >= 4 is 29.1 Å². The largest absolute Gasteiger partial charge is 0.349 e. The maximum atomic E-state index is 13.0. The molecule has 0 aliphatic heterocycles. The summed E-state index contributed by atoms with van der Waals surface area (Å²) in [5.74, 6) is -0.127. The first kappa shape index (κ1) is 21.6. The molecule has 0 atom stereocenters. The van der Waals surface area contributed by atoms with Gasteiger partial charge in [0, 0.05) is 24.8 Å². The highest BCUT2D eigenvalue weighted by Crippen LogP contribution is 2.25. The lowest BCUT2D eigenvalue weighted by Gasteiger charge is -2.13. The van der Waals surface area contributed by atoms with Gasteiger partial charge in [0.15, 0.2) is 0 Å². The fraction of sp³-hybridized carbons (Fsp3) is 0.261. The molecule has 0 spiro atoms. The van der Waals surface area contributed by atoms with E-state index >= 15 is 0 Å². The van der Waals surface area contributed by atoms with Crippen LogP contribution in [0.4, 0.5) is 5.69 Å². The van der Waals surface area contributed by atoms with E-state index in [1.54, 1.807) is 48.1 Å². The van der Waals surface area contributed by atoms with Gasteiger partial charge in [-0.1, -0.05) is 43.6 Å². The Labute approximate surface area is 181 Å². The van der Waals surface area contributed by atoms with Gasteiger partial charge in [-0.15, -0.1) is 0 Å². The van der Waals surface area contributed by atoms with Crippen molar-refractivity contribution in [3.8, 4) is 5.69 Å². The Morgan fingerprint density at radius 3 is 2.43 bits per heavy atom. The standard InChI is InChI=1S/C23H25ClN4O2/c1-15(2)22-20(14-25-28(22)19-7-5-6-17(24)13-19)23(30)26-18-10-8-16(9-11-18)12-21(29)27(3)4/h5-11,13-15H,12H2,1-4H3,(H,26,30). The number of carbonyl (C=O) groups is 2. The molecule has 0 unspecified atom stereocenters. The maximum Gasteiger partial charge on any atom is 0.259 e. The first-order chi connectivity index (χ1) is 14.3. The van der Waals surface area contributed by atoms with Crippen LogP contribution in [0, 0.1) is 0 Å². The molecule has 0 radical (unpaired) electrons. The Morgan fingerprint density at radius 1 is 1.13 bits per heavy atom. The Balaban J connectivity index is 1.81. The van der Waals surface area contributed by atoms with Crippen LogP contribution in [0.15, 0.2) is 54.7 Å². The minimum Gasteiger partial charge on any atom is -0.349 e. The van der Waals surface area contributed by atoms with Gasteiger partial charge in [0.1, 0.15) is 0 Å². The van der Waals surface area contributed by atoms with Gasteiger partial charge in [0.2, 0.25) is 5.91 Å². The molecular formula is C23H25ClN4O2. The third-order valence-corrected chi connectivity index (χ3v) is 4.95. The first-order valence-electron chi connectivity index (χ1n) is 9.70. The zero-order valence-corrected chi connectivity index (χ0v) is 18.3. The summed E-state index contributed by atoms with van der Waals surface area (Å²) < 4.78 is 1.75. The van der Waals surface area contributed by atoms with Crippen LogP contribution >= 0.6 is 11.6 Å².